The standard InChI is InChI=1S/C19H31N5O2/c1-22-17(13-23-10-7-16(25)8-11-23)20-21-18(22)15-6-3-9-24(12-15)19(26)14-4-2-5-14/h14-16,25H,2-13H2,1H3. The number of nitrogens with zero attached hydrogens (tertiary/aromatic N) is 5. The van der Waals surface area contributed by atoms with Crippen LogP contribution in [0.1, 0.15) is 62.5 Å². The first-order chi connectivity index (χ1) is 12.6. The van der Waals surface area contributed by atoms with Gasteiger partial charge in [0, 0.05) is 45.1 Å². The Kier molecular flexibility index (Phi) is 5.27. The summed E-state index contributed by atoms with van der Waals surface area (Å²) in [4.78, 5) is 17.0. The summed E-state index contributed by atoms with van der Waals surface area (Å²) in [5, 5.41) is 18.6. The predicted molar refractivity (Wildman–Crippen MR) is 97.4 cm³/mol. The molecule has 4 rings (SSSR count). The Bertz CT molecular complexity index is 634. The second-order valence-electron chi connectivity index (χ2n) is 8.29. The van der Waals surface area contributed by atoms with E-state index < -0.39 is 0 Å². The van der Waals surface area contributed by atoms with E-state index in [-0.39, 0.29) is 12.0 Å². The molecule has 1 N–H and O–H groups in total. The molecule has 1 aliphatic carbocycles. The summed E-state index contributed by atoms with van der Waals surface area (Å²) < 4.78 is 2.13. The Morgan fingerprint density at radius 1 is 1.08 bits per heavy atom. The molecule has 1 atom stereocenters. The van der Waals surface area contributed by atoms with Crippen LogP contribution in [-0.2, 0) is 18.4 Å². The van der Waals surface area contributed by atoms with Crippen molar-refractivity contribution in [2.45, 2.75) is 63.5 Å². The number of hydrogen-bond acceptors (Lipinski definition) is 5. The minimum atomic E-state index is -0.150. The van der Waals surface area contributed by atoms with Gasteiger partial charge in [0.05, 0.1) is 12.6 Å². The van der Waals surface area contributed by atoms with Gasteiger partial charge in [-0.1, -0.05) is 6.42 Å². The highest BCUT2D eigenvalue weighted by Gasteiger charge is 2.34. The van der Waals surface area contributed by atoms with E-state index in [9.17, 15) is 9.90 Å². The maximum atomic E-state index is 12.6. The lowest BCUT2D eigenvalue weighted by Gasteiger charge is -2.37. The molecule has 1 aromatic rings. The van der Waals surface area contributed by atoms with Crippen molar-refractivity contribution in [2.24, 2.45) is 13.0 Å². The zero-order valence-electron chi connectivity index (χ0n) is 15.8. The number of aliphatic hydroxyl groups excluding tert-OH is 1. The van der Waals surface area contributed by atoms with Crippen LogP contribution >= 0.6 is 0 Å². The largest absolute Gasteiger partial charge is 0.393 e. The SMILES string of the molecule is Cn1c(CN2CCC(O)CC2)nnc1C1CCCN(C(=O)C2CCC2)C1. The molecule has 0 aromatic carbocycles. The topological polar surface area (TPSA) is 74.5 Å². The van der Waals surface area contributed by atoms with E-state index in [0.717, 1.165) is 82.9 Å². The lowest BCUT2D eigenvalue weighted by atomic mass is 9.83. The molecule has 0 spiro atoms. The van der Waals surface area contributed by atoms with Gasteiger partial charge >= 0.3 is 0 Å². The first-order valence-corrected chi connectivity index (χ1v) is 10.2. The van der Waals surface area contributed by atoms with Crippen molar-refractivity contribution >= 4 is 5.91 Å². The van der Waals surface area contributed by atoms with E-state index in [1.54, 1.807) is 0 Å². The van der Waals surface area contributed by atoms with Crippen molar-refractivity contribution in [3.8, 4) is 0 Å². The summed E-state index contributed by atoms with van der Waals surface area (Å²) in [5.74, 6) is 2.93. The van der Waals surface area contributed by atoms with Gasteiger partial charge in [-0.25, -0.2) is 0 Å². The average molecular weight is 361 g/mol. The van der Waals surface area contributed by atoms with Crippen LogP contribution in [0.5, 0.6) is 0 Å². The van der Waals surface area contributed by atoms with Crippen LogP contribution in [0.25, 0.3) is 0 Å². The van der Waals surface area contributed by atoms with Gasteiger partial charge in [-0.05, 0) is 38.5 Å². The molecule has 2 saturated heterocycles. The van der Waals surface area contributed by atoms with Crippen LogP contribution in [0.3, 0.4) is 0 Å². The third-order valence-electron chi connectivity index (χ3n) is 6.47. The maximum absolute atomic E-state index is 12.6. The molecule has 1 saturated carbocycles. The summed E-state index contributed by atoms with van der Waals surface area (Å²) >= 11 is 0. The van der Waals surface area contributed by atoms with E-state index in [4.69, 9.17) is 0 Å². The number of hydrogen-bond donors (Lipinski definition) is 1. The van der Waals surface area contributed by atoms with Gasteiger partial charge in [-0.3, -0.25) is 9.69 Å². The third kappa shape index (κ3) is 3.64. The fourth-order valence-electron chi connectivity index (χ4n) is 4.45. The Labute approximate surface area is 155 Å². The highest BCUT2D eigenvalue weighted by Crippen LogP contribution is 2.32. The number of rotatable bonds is 4. The van der Waals surface area contributed by atoms with E-state index in [1.807, 2.05) is 0 Å². The van der Waals surface area contributed by atoms with E-state index in [0.29, 0.717) is 11.8 Å². The first kappa shape index (κ1) is 17.9. The predicted octanol–water partition coefficient (Wildman–Crippen LogP) is 1.28. The molecule has 3 aliphatic rings. The van der Waals surface area contributed by atoms with Gasteiger partial charge in [0.1, 0.15) is 11.6 Å². The molecule has 1 aromatic heterocycles. The average Bonchev–Trinajstić information content (AvgIpc) is 2.96. The molecule has 0 radical (unpaired) electrons. The highest BCUT2D eigenvalue weighted by molar-refractivity contribution is 5.79. The van der Waals surface area contributed by atoms with Crippen LogP contribution in [0.15, 0.2) is 0 Å². The van der Waals surface area contributed by atoms with Crippen LogP contribution < -0.4 is 0 Å². The molecule has 3 fully saturated rings. The van der Waals surface area contributed by atoms with Gasteiger partial charge in [-0.2, -0.15) is 0 Å². The first-order valence-electron chi connectivity index (χ1n) is 10.2. The molecule has 0 bridgehead atoms. The second kappa shape index (κ2) is 7.64. The van der Waals surface area contributed by atoms with Crippen molar-refractivity contribution < 1.29 is 9.90 Å². The molecule has 1 unspecified atom stereocenters. The molecule has 1 amide bonds. The summed E-state index contributed by atoms with van der Waals surface area (Å²) in [7, 11) is 2.05. The molecule has 7 nitrogen and oxygen atoms in total. The Morgan fingerprint density at radius 3 is 2.54 bits per heavy atom. The van der Waals surface area contributed by atoms with E-state index in [2.05, 4.69) is 31.6 Å². The summed E-state index contributed by atoms with van der Waals surface area (Å²) in [5.41, 5.74) is 0. The summed E-state index contributed by atoms with van der Waals surface area (Å²) in [6, 6.07) is 0. The molecule has 7 heteroatoms. The minimum Gasteiger partial charge on any atom is -0.393 e. The zero-order chi connectivity index (χ0) is 18.1. The normalized spacial score (nSPS) is 26.1. The van der Waals surface area contributed by atoms with Crippen LogP contribution in [0, 0.1) is 5.92 Å². The van der Waals surface area contributed by atoms with Crippen molar-refractivity contribution in [1.29, 1.82) is 0 Å². The van der Waals surface area contributed by atoms with Crippen molar-refractivity contribution in [3.63, 3.8) is 0 Å². The lowest BCUT2D eigenvalue weighted by molar-refractivity contribution is -0.139. The lowest BCUT2D eigenvalue weighted by Crippen LogP contribution is -2.44. The van der Waals surface area contributed by atoms with Crippen molar-refractivity contribution in [2.75, 3.05) is 26.2 Å². The fourth-order valence-corrected chi connectivity index (χ4v) is 4.45. The Balaban J connectivity index is 1.39. The van der Waals surface area contributed by atoms with Crippen LogP contribution in [0.4, 0.5) is 0 Å². The van der Waals surface area contributed by atoms with Gasteiger partial charge in [0.15, 0.2) is 0 Å². The maximum Gasteiger partial charge on any atom is 0.225 e. The smallest absolute Gasteiger partial charge is 0.225 e. The molecule has 3 heterocycles. The van der Waals surface area contributed by atoms with Crippen molar-refractivity contribution in [3.05, 3.63) is 11.6 Å². The monoisotopic (exact) mass is 361 g/mol. The Morgan fingerprint density at radius 2 is 1.85 bits per heavy atom. The molecular formula is C19H31N5O2. The minimum absolute atomic E-state index is 0.150. The number of aliphatic hydroxyl groups is 1. The van der Waals surface area contributed by atoms with Gasteiger partial charge < -0.3 is 14.6 Å². The molecular weight excluding hydrogens is 330 g/mol. The number of carbonyl (C=O) groups is 1. The number of aromatic nitrogens is 3. The highest BCUT2D eigenvalue weighted by atomic mass is 16.3. The van der Waals surface area contributed by atoms with E-state index >= 15 is 0 Å². The number of piperidine rings is 2. The van der Waals surface area contributed by atoms with Crippen molar-refractivity contribution in [1.82, 2.24) is 24.6 Å². The molecule has 26 heavy (non-hydrogen) atoms. The second-order valence-corrected chi connectivity index (χ2v) is 8.29. The van der Waals surface area contributed by atoms with Gasteiger partial charge in [0.25, 0.3) is 0 Å². The zero-order valence-corrected chi connectivity index (χ0v) is 15.8. The third-order valence-corrected chi connectivity index (χ3v) is 6.47. The quantitative estimate of drug-likeness (QED) is 0.874. The number of likely N-dealkylation sites (tertiary alicyclic amines) is 2. The molecule has 144 valence electrons. The Hall–Kier alpha value is -1.47. The van der Waals surface area contributed by atoms with E-state index in [1.165, 1.54) is 6.42 Å². The number of amides is 1. The summed E-state index contributed by atoms with van der Waals surface area (Å²) in [6.45, 7) is 4.30. The van der Waals surface area contributed by atoms with Gasteiger partial charge in [0.2, 0.25) is 5.91 Å². The number of carbonyl (C=O) groups excluding carboxylic acids is 1. The van der Waals surface area contributed by atoms with Crippen LogP contribution in [0.2, 0.25) is 0 Å². The molecule has 2 aliphatic heterocycles. The summed E-state index contributed by atoms with van der Waals surface area (Å²) in [6.07, 6.45) is 7.00. The van der Waals surface area contributed by atoms with Crippen LogP contribution in [-0.4, -0.2) is 67.9 Å². The fraction of sp³-hybridized carbons (Fsp3) is 0.842. The van der Waals surface area contributed by atoms with Gasteiger partial charge in [-0.15, -0.1) is 10.2 Å².